The molecule has 0 aromatic carbocycles. The number of hydrogen-bond donors (Lipinski definition) is 2. The van der Waals surface area contributed by atoms with Gasteiger partial charge in [0.1, 0.15) is 0 Å². The number of nitrogens with zero attached hydrogens (tertiary/aromatic N) is 1. The minimum Gasteiger partial charge on any atom is -0.396 e. The number of aromatic nitrogens is 1. The van der Waals surface area contributed by atoms with Gasteiger partial charge >= 0.3 is 0 Å². The summed E-state index contributed by atoms with van der Waals surface area (Å²) < 4.78 is 0. The van der Waals surface area contributed by atoms with Crippen LogP contribution in [-0.2, 0) is 0 Å². The Morgan fingerprint density at radius 1 is 1.50 bits per heavy atom. The van der Waals surface area contributed by atoms with Crippen molar-refractivity contribution in [3.8, 4) is 0 Å². The second-order valence-corrected chi connectivity index (χ2v) is 4.70. The van der Waals surface area contributed by atoms with Crippen LogP contribution >= 0.6 is 11.3 Å². The van der Waals surface area contributed by atoms with Crippen molar-refractivity contribution >= 4 is 11.3 Å². The zero-order valence-corrected chi connectivity index (χ0v) is 9.82. The molecule has 1 atom stereocenters. The third-order valence-electron chi connectivity index (χ3n) is 2.14. The minimum atomic E-state index is 0.202. The first kappa shape index (κ1) is 11.6. The van der Waals surface area contributed by atoms with Gasteiger partial charge in [0, 0.05) is 11.5 Å². The number of hydrogen-bond acceptors (Lipinski definition) is 4. The van der Waals surface area contributed by atoms with Crippen LogP contribution in [0.3, 0.4) is 0 Å². The molecule has 0 saturated carbocycles. The highest BCUT2D eigenvalue weighted by molar-refractivity contribution is 7.11. The molecule has 0 aliphatic heterocycles. The molecule has 0 radical (unpaired) electrons. The molecule has 0 aliphatic carbocycles. The van der Waals surface area contributed by atoms with Crippen molar-refractivity contribution < 1.29 is 5.11 Å². The highest BCUT2D eigenvalue weighted by Crippen LogP contribution is 2.24. The van der Waals surface area contributed by atoms with Crippen LogP contribution in [-0.4, -0.2) is 23.2 Å². The van der Waals surface area contributed by atoms with Crippen LogP contribution in [0.15, 0.2) is 0 Å². The molecule has 1 aromatic rings. The summed E-state index contributed by atoms with van der Waals surface area (Å²) in [5.41, 5.74) is 1.10. The first-order chi connectivity index (χ1) is 6.69. The van der Waals surface area contributed by atoms with Gasteiger partial charge in [0.25, 0.3) is 0 Å². The third-order valence-corrected chi connectivity index (χ3v) is 3.04. The zero-order chi connectivity index (χ0) is 10.6. The fraction of sp³-hybridized carbons (Fsp3) is 0.700. The number of nitrogens with one attached hydrogen (secondary N) is 1. The number of aryl methyl sites for hydroxylation is 2. The molecule has 4 heteroatoms. The van der Waals surface area contributed by atoms with Crippen molar-refractivity contribution in [1.29, 1.82) is 0 Å². The van der Waals surface area contributed by atoms with Crippen molar-refractivity contribution in [3.05, 3.63) is 15.6 Å². The molecule has 1 heterocycles. The molecule has 14 heavy (non-hydrogen) atoms. The minimum absolute atomic E-state index is 0.202. The first-order valence-corrected chi connectivity index (χ1v) is 5.78. The lowest BCUT2D eigenvalue weighted by Crippen LogP contribution is -2.22. The van der Waals surface area contributed by atoms with E-state index in [9.17, 15) is 0 Å². The van der Waals surface area contributed by atoms with Crippen LogP contribution in [0.1, 0.15) is 35.0 Å². The molecule has 0 bridgehead atoms. The largest absolute Gasteiger partial charge is 0.396 e. The molecule has 0 aliphatic rings. The summed E-state index contributed by atoms with van der Waals surface area (Å²) in [4.78, 5) is 5.74. The maximum Gasteiger partial charge on any atom is 0.0900 e. The summed E-state index contributed by atoms with van der Waals surface area (Å²) in [6.45, 7) is 7.28. The maximum absolute atomic E-state index is 8.96. The third kappa shape index (κ3) is 2.77. The SMILES string of the molecule is CCNC(CCO)c1nc(C)sc1C. The molecule has 3 nitrogen and oxygen atoms in total. The summed E-state index contributed by atoms with van der Waals surface area (Å²) in [6.07, 6.45) is 0.734. The smallest absolute Gasteiger partial charge is 0.0900 e. The lowest BCUT2D eigenvalue weighted by molar-refractivity contribution is 0.265. The summed E-state index contributed by atoms with van der Waals surface area (Å²) >= 11 is 1.72. The average Bonchev–Trinajstić information content (AvgIpc) is 2.45. The van der Waals surface area contributed by atoms with Crippen molar-refractivity contribution in [1.82, 2.24) is 10.3 Å². The molecule has 0 fully saturated rings. The van der Waals surface area contributed by atoms with Gasteiger partial charge in [-0.1, -0.05) is 6.92 Å². The lowest BCUT2D eigenvalue weighted by Gasteiger charge is -2.15. The Hall–Kier alpha value is -0.450. The Kier molecular flexibility index (Phi) is 4.51. The predicted octanol–water partition coefficient (Wildman–Crippen LogP) is 1.79. The quantitative estimate of drug-likeness (QED) is 0.785. The Morgan fingerprint density at radius 3 is 2.64 bits per heavy atom. The van der Waals surface area contributed by atoms with Crippen LogP contribution in [0.5, 0.6) is 0 Å². The molecule has 1 rings (SSSR count). The highest BCUT2D eigenvalue weighted by atomic mass is 32.1. The second-order valence-electron chi connectivity index (χ2n) is 3.30. The predicted molar refractivity (Wildman–Crippen MR) is 59.7 cm³/mol. The van der Waals surface area contributed by atoms with Gasteiger partial charge < -0.3 is 10.4 Å². The van der Waals surface area contributed by atoms with E-state index in [4.69, 9.17) is 5.11 Å². The van der Waals surface area contributed by atoms with Crippen LogP contribution < -0.4 is 5.32 Å². The van der Waals surface area contributed by atoms with E-state index in [0.29, 0.717) is 0 Å². The van der Waals surface area contributed by atoms with Crippen molar-refractivity contribution in [2.24, 2.45) is 0 Å². The van der Waals surface area contributed by atoms with E-state index in [-0.39, 0.29) is 12.6 Å². The van der Waals surface area contributed by atoms with E-state index < -0.39 is 0 Å². The van der Waals surface area contributed by atoms with Crippen LogP contribution in [0.25, 0.3) is 0 Å². The molecule has 0 amide bonds. The fourth-order valence-electron chi connectivity index (χ4n) is 1.58. The summed E-state index contributed by atoms with van der Waals surface area (Å²) in [7, 11) is 0. The van der Waals surface area contributed by atoms with E-state index in [1.165, 1.54) is 4.88 Å². The molecule has 2 N–H and O–H groups in total. The van der Waals surface area contributed by atoms with E-state index in [2.05, 4.69) is 24.1 Å². The summed E-state index contributed by atoms with van der Waals surface area (Å²) in [5.74, 6) is 0. The Balaban J connectivity index is 2.80. The number of thiazole rings is 1. The zero-order valence-electron chi connectivity index (χ0n) is 9.00. The monoisotopic (exact) mass is 214 g/mol. The van der Waals surface area contributed by atoms with E-state index in [0.717, 1.165) is 23.7 Å². The van der Waals surface area contributed by atoms with Gasteiger partial charge in [0.05, 0.1) is 16.7 Å². The molecule has 0 spiro atoms. The molecular formula is C10H18N2OS. The molecule has 1 unspecified atom stereocenters. The van der Waals surface area contributed by atoms with Crippen molar-refractivity contribution in [3.63, 3.8) is 0 Å². The second kappa shape index (κ2) is 5.44. The van der Waals surface area contributed by atoms with Gasteiger partial charge in [-0.25, -0.2) is 4.98 Å². The topological polar surface area (TPSA) is 45.1 Å². The fourth-order valence-corrected chi connectivity index (χ4v) is 2.46. The van der Waals surface area contributed by atoms with Gasteiger partial charge in [-0.15, -0.1) is 11.3 Å². The van der Waals surface area contributed by atoms with Gasteiger partial charge in [-0.3, -0.25) is 0 Å². The first-order valence-electron chi connectivity index (χ1n) is 4.97. The lowest BCUT2D eigenvalue weighted by atomic mass is 10.1. The normalized spacial score (nSPS) is 13.1. The summed E-state index contributed by atoms with van der Waals surface area (Å²) in [6, 6.07) is 0.204. The Labute approximate surface area is 89.2 Å². The van der Waals surface area contributed by atoms with Crippen LogP contribution in [0, 0.1) is 13.8 Å². The van der Waals surface area contributed by atoms with Gasteiger partial charge in [0.15, 0.2) is 0 Å². The number of rotatable bonds is 5. The van der Waals surface area contributed by atoms with Crippen molar-refractivity contribution in [2.75, 3.05) is 13.2 Å². The standard InChI is InChI=1S/C10H18N2OS/c1-4-11-9(5-6-13)10-7(2)14-8(3)12-10/h9,11,13H,4-6H2,1-3H3. The van der Waals surface area contributed by atoms with Gasteiger partial charge in [0.2, 0.25) is 0 Å². The van der Waals surface area contributed by atoms with E-state index in [1.807, 2.05) is 6.92 Å². The molecule has 1 aromatic heterocycles. The van der Waals surface area contributed by atoms with Gasteiger partial charge in [-0.2, -0.15) is 0 Å². The van der Waals surface area contributed by atoms with Crippen LogP contribution in [0.2, 0.25) is 0 Å². The number of aliphatic hydroxyl groups is 1. The van der Waals surface area contributed by atoms with E-state index in [1.54, 1.807) is 11.3 Å². The highest BCUT2D eigenvalue weighted by Gasteiger charge is 2.15. The maximum atomic E-state index is 8.96. The molecular weight excluding hydrogens is 196 g/mol. The van der Waals surface area contributed by atoms with Crippen molar-refractivity contribution in [2.45, 2.75) is 33.2 Å². The Bertz CT molecular complexity index is 280. The Morgan fingerprint density at radius 2 is 2.21 bits per heavy atom. The van der Waals surface area contributed by atoms with Crippen LogP contribution in [0.4, 0.5) is 0 Å². The number of aliphatic hydroxyl groups excluding tert-OH is 1. The van der Waals surface area contributed by atoms with Gasteiger partial charge in [-0.05, 0) is 26.8 Å². The summed E-state index contributed by atoms with van der Waals surface area (Å²) in [5, 5.41) is 13.4. The van der Waals surface area contributed by atoms with E-state index >= 15 is 0 Å². The molecule has 80 valence electrons. The average molecular weight is 214 g/mol. The molecule has 0 saturated heterocycles.